The largest absolute Gasteiger partial charge is 0.322 e. The van der Waals surface area contributed by atoms with Gasteiger partial charge < -0.3 is 15.1 Å². The Hall–Kier alpha value is -1.03. The fourth-order valence-corrected chi connectivity index (χ4v) is 1.27. The number of carbonyl (C=O) groups is 1. The van der Waals surface area contributed by atoms with Crippen molar-refractivity contribution in [2.24, 2.45) is 0 Å². The number of piperazine rings is 1. The van der Waals surface area contributed by atoms with E-state index in [2.05, 4.69) is 23.8 Å². The summed E-state index contributed by atoms with van der Waals surface area (Å²) in [5.41, 5.74) is 0.698. The molecular formula is C9H17N3O. The van der Waals surface area contributed by atoms with Crippen LogP contribution in [-0.2, 0) is 0 Å². The molecule has 0 bridgehead atoms. The van der Waals surface area contributed by atoms with Crippen molar-refractivity contribution in [1.82, 2.24) is 15.1 Å². The maximum absolute atomic E-state index is 11.5. The minimum Gasteiger partial charge on any atom is -0.322 e. The predicted octanol–water partition coefficient (Wildman–Crippen LogP) is 0.477. The molecule has 0 spiro atoms. The third-order valence-electron chi connectivity index (χ3n) is 2.11. The molecule has 0 unspecified atom stereocenters. The van der Waals surface area contributed by atoms with Gasteiger partial charge in [0.1, 0.15) is 0 Å². The zero-order valence-corrected chi connectivity index (χ0v) is 8.34. The molecule has 0 radical (unpaired) electrons. The van der Waals surface area contributed by atoms with E-state index in [1.165, 1.54) is 0 Å². The van der Waals surface area contributed by atoms with E-state index in [0.717, 1.165) is 26.2 Å². The number of rotatable bonds is 1. The van der Waals surface area contributed by atoms with Crippen molar-refractivity contribution in [1.29, 1.82) is 0 Å². The number of nitrogens with one attached hydrogen (secondary N) is 1. The van der Waals surface area contributed by atoms with Gasteiger partial charge in [-0.05, 0) is 14.0 Å². The fraction of sp³-hybridized carbons (Fsp3) is 0.667. The van der Waals surface area contributed by atoms with Crippen LogP contribution in [0.4, 0.5) is 4.79 Å². The van der Waals surface area contributed by atoms with Crippen LogP contribution in [-0.4, -0.2) is 49.1 Å². The first-order valence-electron chi connectivity index (χ1n) is 4.49. The zero-order valence-electron chi connectivity index (χ0n) is 8.34. The summed E-state index contributed by atoms with van der Waals surface area (Å²) < 4.78 is 0. The van der Waals surface area contributed by atoms with Crippen LogP contribution in [0, 0.1) is 0 Å². The molecule has 0 aromatic heterocycles. The van der Waals surface area contributed by atoms with Crippen molar-refractivity contribution in [3.8, 4) is 0 Å². The van der Waals surface area contributed by atoms with Gasteiger partial charge in [0.15, 0.2) is 0 Å². The molecule has 13 heavy (non-hydrogen) atoms. The van der Waals surface area contributed by atoms with Gasteiger partial charge in [0, 0.05) is 31.9 Å². The van der Waals surface area contributed by atoms with E-state index in [1.54, 1.807) is 6.92 Å². The van der Waals surface area contributed by atoms with Crippen molar-refractivity contribution >= 4 is 6.03 Å². The second-order valence-corrected chi connectivity index (χ2v) is 3.50. The lowest BCUT2D eigenvalue weighted by Crippen LogP contribution is -2.50. The van der Waals surface area contributed by atoms with Crippen molar-refractivity contribution in [3.05, 3.63) is 12.3 Å². The first-order chi connectivity index (χ1) is 6.09. The van der Waals surface area contributed by atoms with E-state index < -0.39 is 0 Å². The Morgan fingerprint density at radius 2 is 1.85 bits per heavy atom. The highest BCUT2D eigenvalue weighted by Gasteiger charge is 2.18. The monoisotopic (exact) mass is 183 g/mol. The van der Waals surface area contributed by atoms with Crippen LogP contribution < -0.4 is 5.32 Å². The lowest BCUT2D eigenvalue weighted by atomic mass is 10.3. The van der Waals surface area contributed by atoms with Crippen molar-refractivity contribution < 1.29 is 4.79 Å². The van der Waals surface area contributed by atoms with Gasteiger partial charge in [-0.3, -0.25) is 0 Å². The zero-order chi connectivity index (χ0) is 9.84. The van der Waals surface area contributed by atoms with E-state index in [-0.39, 0.29) is 6.03 Å². The van der Waals surface area contributed by atoms with E-state index >= 15 is 0 Å². The van der Waals surface area contributed by atoms with Crippen LogP contribution in [0.1, 0.15) is 6.92 Å². The Balaban J connectivity index is 2.36. The average molecular weight is 183 g/mol. The number of hydrogen-bond acceptors (Lipinski definition) is 2. The van der Waals surface area contributed by atoms with E-state index in [1.807, 2.05) is 4.90 Å². The Bertz CT molecular complexity index is 207. The summed E-state index contributed by atoms with van der Waals surface area (Å²) in [5.74, 6) is 0. The maximum atomic E-state index is 11.5. The molecule has 0 aromatic carbocycles. The summed E-state index contributed by atoms with van der Waals surface area (Å²) in [4.78, 5) is 15.5. The molecule has 1 aliphatic rings. The van der Waals surface area contributed by atoms with Crippen LogP contribution in [0.3, 0.4) is 0 Å². The Morgan fingerprint density at radius 3 is 2.31 bits per heavy atom. The molecule has 1 N–H and O–H groups in total. The van der Waals surface area contributed by atoms with Gasteiger partial charge in [0.25, 0.3) is 0 Å². The third-order valence-corrected chi connectivity index (χ3v) is 2.11. The first-order valence-corrected chi connectivity index (χ1v) is 4.49. The Kier molecular flexibility index (Phi) is 3.31. The highest BCUT2D eigenvalue weighted by atomic mass is 16.2. The molecule has 74 valence electrons. The average Bonchev–Trinajstić information content (AvgIpc) is 2.04. The second kappa shape index (κ2) is 4.28. The number of carbonyl (C=O) groups excluding carboxylic acids is 1. The maximum Gasteiger partial charge on any atom is 0.321 e. The first kappa shape index (κ1) is 10.1. The van der Waals surface area contributed by atoms with E-state index in [9.17, 15) is 4.79 Å². The Morgan fingerprint density at radius 1 is 1.31 bits per heavy atom. The normalized spacial score (nSPS) is 18.5. The molecule has 0 aromatic rings. The molecular weight excluding hydrogens is 166 g/mol. The molecule has 1 fully saturated rings. The highest BCUT2D eigenvalue weighted by Crippen LogP contribution is 1.99. The molecule has 4 heteroatoms. The Labute approximate surface area is 79.2 Å². The molecule has 1 rings (SSSR count). The van der Waals surface area contributed by atoms with Crippen LogP contribution in [0.25, 0.3) is 0 Å². The minimum absolute atomic E-state index is 0.0272. The number of hydrogen-bond donors (Lipinski definition) is 1. The van der Waals surface area contributed by atoms with E-state index in [0.29, 0.717) is 5.70 Å². The quantitative estimate of drug-likeness (QED) is 0.641. The smallest absolute Gasteiger partial charge is 0.321 e. The van der Waals surface area contributed by atoms with Crippen LogP contribution >= 0.6 is 0 Å². The molecule has 4 nitrogen and oxygen atoms in total. The molecule has 0 saturated carbocycles. The number of allylic oxidation sites excluding steroid dienone is 1. The SMILES string of the molecule is C=C(C)NC(=O)N1CCN(C)CC1. The van der Waals surface area contributed by atoms with Gasteiger partial charge in [-0.2, -0.15) is 0 Å². The van der Waals surface area contributed by atoms with Gasteiger partial charge >= 0.3 is 6.03 Å². The van der Waals surface area contributed by atoms with Crippen LogP contribution in [0.15, 0.2) is 12.3 Å². The van der Waals surface area contributed by atoms with Gasteiger partial charge in [-0.1, -0.05) is 6.58 Å². The summed E-state index contributed by atoms with van der Waals surface area (Å²) >= 11 is 0. The van der Waals surface area contributed by atoms with Crippen LogP contribution in [0.5, 0.6) is 0 Å². The number of amides is 2. The topological polar surface area (TPSA) is 35.6 Å². The lowest BCUT2D eigenvalue weighted by molar-refractivity contribution is 0.156. The standard InChI is InChI=1S/C9H17N3O/c1-8(2)10-9(13)12-6-4-11(3)5-7-12/h1,4-7H2,2-3H3,(H,10,13). The summed E-state index contributed by atoms with van der Waals surface area (Å²) in [7, 11) is 2.06. The van der Waals surface area contributed by atoms with Gasteiger partial charge in [0.2, 0.25) is 0 Å². The van der Waals surface area contributed by atoms with Crippen molar-refractivity contribution in [2.45, 2.75) is 6.92 Å². The fourth-order valence-electron chi connectivity index (χ4n) is 1.27. The summed E-state index contributed by atoms with van der Waals surface area (Å²) in [6.07, 6.45) is 0. The predicted molar refractivity (Wildman–Crippen MR) is 52.4 cm³/mol. The van der Waals surface area contributed by atoms with Crippen molar-refractivity contribution in [2.75, 3.05) is 33.2 Å². The lowest BCUT2D eigenvalue weighted by Gasteiger charge is -2.32. The highest BCUT2D eigenvalue weighted by molar-refractivity contribution is 5.75. The van der Waals surface area contributed by atoms with Crippen molar-refractivity contribution in [3.63, 3.8) is 0 Å². The van der Waals surface area contributed by atoms with E-state index in [4.69, 9.17) is 0 Å². The molecule has 0 aliphatic carbocycles. The number of urea groups is 1. The molecule has 1 saturated heterocycles. The molecule has 1 aliphatic heterocycles. The molecule has 2 amide bonds. The molecule has 0 atom stereocenters. The third kappa shape index (κ3) is 3.06. The van der Waals surface area contributed by atoms with Gasteiger partial charge in [0.05, 0.1) is 0 Å². The summed E-state index contributed by atoms with van der Waals surface area (Å²) in [6.45, 7) is 8.92. The summed E-state index contributed by atoms with van der Waals surface area (Å²) in [6, 6.07) is -0.0272. The van der Waals surface area contributed by atoms with Gasteiger partial charge in [-0.15, -0.1) is 0 Å². The summed E-state index contributed by atoms with van der Waals surface area (Å²) in [5, 5.41) is 2.70. The minimum atomic E-state index is -0.0272. The second-order valence-electron chi connectivity index (χ2n) is 3.50. The molecule has 1 heterocycles. The van der Waals surface area contributed by atoms with Crippen LogP contribution in [0.2, 0.25) is 0 Å². The number of likely N-dealkylation sites (N-methyl/N-ethyl adjacent to an activating group) is 1. The van der Waals surface area contributed by atoms with Gasteiger partial charge in [-0.25, -0.2) is 4.79 Å². The number of nitrogens with zero attached hydrogens (tertiary/aromatic N) is 2.